The van der Waals surface area contributed by atoms with E-state index in [1.807, 2.05) is 44.6 Å². The van der Waals surface area contributed by atoms with Crippen molar-refractivity contribution in [3.63, 3.8) is 0 Å². The molecule has 0 bridgehead atoms. The standard InChI is InChI=1S/C25H36N6O3/c1-6-23(33)25(3,4)30-14-18(12-27-30)20-11-21(17-7-9-19(32)10-8-17)31-22(20)13-26-24(29-31)28-16(2)15-34-5/h11-14,16-17,19,32H,6-10,15H2,1-5H3,(H,28,29)/t16-,17?,19?/m0/s1. The van der Waals surface area contributed by atoms with Gasteiger partial charge in [0.15, 0.2) is 5.78 Å². The van der Waals surface area contributed by atoms with Gasteiger partial charge in [0.05, 0.1) is 30.6 Å². The molecule has 1 fully saturated rings. The summed E-state index contributed by atoms with van der Waals surface area (Å²) < 4.78 is 8.95. The van der Waals surface area contributed by atoms with Crippen LogP contribution in [0.25, 0.3) is 16.6 Å². The predicted octanol–water partition coefficient (Wildman–Crippen LogP) is 3.77. The number of anilines is 1. The zero-order valence-electron chi connectivity index (χ0n) is 20.8. The second kappa shape index (κ2) is 9.84. The number of fused-ring (bicyclic) bond motifs is 1. The number of hydrogen-bond donors (Lipinski definition) is 2. The van der Waals surface area contributed by atoms with Crippen molar-refractivity contribution in [2.45, 2.75) is 83.4 Å². The summed E-state index contributed by atoms with van der Waals surface area (Å²) in [6, 6.07) is 2.24. The van der Waals surface area contributed by atoms with Crippen LogP contribution >= 0.6 is 0 Å². The number of aromatic nitrogens is 5. The van der Waals surface area contributed by atoms with Crippen LogP contribution in [0.15, 0.2) is 24.7 Å². The molecule has 3 heterocycles. The lowest BCUT2D eigenvalue weighted by Crippen LogP contribution is -2.35. The van der Waals surface area contributed by atoms with Gasteiger partial charge in [-0.1, -0.05) is 6.92 Å². The van der Waals surface area contributed by atoms with Crippen LogP contribution in [0.4, 0.5) is 5.95 Å². The maximum absolute atomic E-state index is 12.5. The molecular formula is C25H36N6O3. The molecule has 34 heavy (non-hydrogen) atoms. The first-order valence-electron chi connectivity index (χ1n) is 12.2. The monoisotopic (exact) mass is 468 g/mol. The molecule has 0 aromatic carbocycles. The predicted molar refractivity (Wildman–Crippen MR) is 131 cm³/mol. The maximum atomic E-state index is 12.5. The van der Waals surface area contributed by atoms with E-state index in [1.165, 1.54) is 0 Å². The summed E-state index contributed by atoms with van der Waals surface area (Å²) in [7, 11) is 1.67. The Balaban J connectivity index is 1.76. The number of nitrogens with one attached hydrogen (secondary N) is 1. The van der Waals surface area contributed by atoms with Crippen molar-refractivity contribution >= 4 is 17.2 Å². The van der Waals surface area contributed by atoms with Crippen molar-refractivity contribution in [2.75, 3.05) is 19.0 Å². The normalized spacial score (nSPS) is 19.9. The van der Waals surface area contributed by atoms with Gasteiger partial charge in [-0.2, -0.15) is 5.10 Å². The van der Waals surface area contributed by atoms with Crippen molar-refractivity contribution in [2.24, 2.45) is 0 Å². The van der Waals surface area contributed by atoms with Crippen LogP contribution in [0.2, 0.25) is 0 Å². The molecule has 1 aliphatic carbocycles. The minimum atomic E-state index is -0.712. The van der Waals surface area contributed by atoms with Gasteiger partial charge in [0.25, 0.3) is 0 Å². The molecule has 0 aliphatic heterocycles. The average molecular weight is 469 g/mol. The molecule has 1 saturated carbocycles. The first-order valence-corrected chi connectivity index (χ1v) is 12.2. The molecule has 184 valence electrons. The minimum Gasteiger partial charge on any atom is -0.393 e. The highest BCUT2D eigenvalue weighted by molar-refractivity contribution is 5.86. The molecular weight excluding hydrogens is 432 g/mol. The summed E-state index contributed by atoms with van der Waals surface area (Å²) in [5, 5.41) is 22.7. The Morgan fingerprint density at radius 2 is 2.03 bits per heavy atom. The number of methoxy groups -OCH3 is 1. The van der Waals surface area contributed by atoms with Gasteiger partial charge in [-0.05, 0) is 52.5 Å². The molecule has 1 atom stereocenters. The largest absolute Gasteiger partial charge is 0.393 e. The van der Waals surface area contributed by atoms with Crippen molar-refractivity contribution in [3.05, 3.63) is 30.4 Å². The molecule has 3 aromatic heterocycles. The first kappa shape index (κ1) is 24.3. The molecule has 9 nitrogen and oxygen atoms in total. The van der Waals surface area contributed by atoms with Crippen LogP contribution in [0.1, 0.15) is 71.4 Å². The number of aliphatic hydroxyl groups is 1. The highest BCUT2D eigenvalue weighted by atomic mass is 16.5. The van der Waals surface area contributed by atoms with Crippen LogP contribution in [-0.4, -0.2) is 61.1 Å². The Kier molecular flexibility index (Phi) is 7.04. The fraction of sp³-hybridized carbons (Fsp3) is 0.600. The zero-order valence-corrected chi connectivity index (χ0v) is 20.8. The van der Waals surface area contributed by atoms with E-state index >= 15 is 0 Å². The van der Waals surface area contributed by atoms with Crippen molar-refractivity contribution in [3.8, 4) is 11.1 Å². The molecule has 9 heteroatoms. The van der Waals surface area contributed by atoms with E-state index < -0.39 is 5.54 Å². The zero-order chi connectivity index (χ0) is 24.5. The third-order valence-corrected chi connectivity index (χ3v) is 6.92. The van der Waals surface area contributed by atoms with Gasteiger partial charge in [-0.25, -0.2) is 9.50 Å². The fourth-order valence-corrected chi connectivity index (χ4v) is 4.81. The lowest BCUT2D eigenvalue weighted by Gasteiger charge is -2.25. The summed E-state index contributed by atoms with van der Waals surface area (Å²) in [5.74, 6) is 0.980. The lowest BCUT2D eigenvalue weighted by molar-refractivity contribution is -0.126. The first-order chi connectivity index (χ1) is 16.2. The molecule has 4 rings (SSSR count). The van der Waals surface area contributed by atoms with Gasteiger partial charge in [-0.3, -0.25) is 9.48 Å². The van der Waals surface area contributed by atoms with E-state index in [0.29, 0.717) is 24.9 Å². The Morgan fingerprint density at radius 3 is 2.71 bits per heavy atom. The second-order valence-corrected chi connectivity index (χ2v) is 9.88. The highest BCUT2D eigenvalue weighted by Gasteiger charge is 2.30. The van der Waals surface area contributed by atoms with Crippen LogP contribution in [0.3, 0.4) is 0 Å². The van der Waals surface area contributed by atoms with E-state index in [-0.39, 0.29) is 17.9 Å². The van der Waals surface area contributed by atoms with Gasteiger partial charge in [0.1, 0.15) is 5.54 Å². The molecule has 0 radical (unpaired) electrons. The van der Waals surface area contributed by atoms with Crippen LogP contribution in [0, 0.1) is 0 Å². The second-order valence-electron chi connectivity index (χ2n) is 9.88. The number of carbonyl (C=O) groups excluding carboxylic acids is 1. The molecule has 3 aromatic rings. The van der Waals surface area contributed by atoms with E-state index in [1.54, 1.807) is 18.0 Å². The minimum absolute atomic E-state index is 0.0716. The van der Waals surface area contributed by atoms with Crippen molar-refractivity contribution < 1.29 is 14.6 Å². The lowest BCUT2D eigenvalue weighted by atomic mass is 9.85. The Morgan fingerprint density at radius 1 is 1.29 bits per heavy atom. The van der Waals surface area contributed by atoms with Crippen LogP contribution in [-0.2, 0) is 15.1 Å². The van der Waals surface area contributed by atoms with Gasteiger partial charge in [0, 0.05) is 48.5 Å². The van der Waals surface area contributed by atoms with Gasteiger partial charge < -0.3 is 15.2 Å². The van der Waals surface area contributed by atoms with E-state index in [9.17, 15) is 9.90 Å². The van der Waals surface area contributed by atoms with Gasteiger partial charge in [-0.15, -0.1) is 5.10 Å². The number of nitrogens with zero attached hydrogens (tertiary/aromatic N) is 5. The molecule has 0 saturated heterocycles. The van der Waals surface area contributed by atoms with Gasteiger partial charge >= 0.3 is 0 Å². The Bertz CT molecular complexity index is 1140. The Hall–Kier alpha value is -2.78. The topological polar surface area (TPSA) is 107 Å². The number of carbonyl (C=O) groups is 1. The summed E-state index contributed by atoms with van der Waals surface area (Å²) in [4.78, 5) is 17.0. The molecule has 2 N–H and O–H groups in total. The molecule has 0 spiro atoms. The third kappa shape index (κ3) is 4.72. The van der Waals surface area contributed by atoms with E-state index in [2.05, 4.69) is 21.5 Å². The fourth-order valence-electron chi connectivity index (χ4n) is 4.81. The van der Waals surface area contributed by atoms with E-state index in [0.717, 1.165) is 48.0 Å². The van der Waals surface area contributed by atoms with E-state index in [4.69, 9.17) is 9.84 Å². The Labute approximate surface area is 200 Å². The number of ketones is 1. The third-order valence-electron chi connectivity index (χ3n) is 6.92. The summed E-state index contributed by atoms with van der Waals surface area (Å²) in [6.07, 6.45) is 9.23. The maximum Gasteiger partial charge on any atom is 0.241 e. The van der Waals surface area contributed by atoms with Gasteiger partial charge in [0.2, 0.25) is 5.95 Å². The quantitative estimate of drug-likeness (QED) is 0.492. The number of rotatable bonds is 9. The number of hydrogen-bond acceptors (Lipinski definition) is 7. The molecule has 0 amide bonds. The summed E-state index contributed by atoms with van der Waals surface area (Å²) in [6.45, 7) is 8.25. The molecule has 0 unspecified atom stereocenters. The van der Waals surface area contributed by atoms with Crippen molar-refractivity contribution in [1.82, 2.24) is 24.4 Å². The number of aliphatic hydroxyl groups excluding tert-OH is 1. The van der Waals surface area contributed by atoms with Crippen LogP contribution in [0.5, 0.6) is 0 Å². The average Bonchev–Trinajstić information content (AvgIpc) is 3.44. The summed E-state index contributed by atoms with van der Waals surface area (Å²) >= 11 is 0. The summed E-state index contributed by atoms with van der Waals surface area (Å²) in [5.41, 5.74) is 3.21. The van der Waals surface area contributed by atoms with Crippen LogP contribution < -0.4 is 5.32 Å². The van der Waals surface area contributed by atoms with Crippen molar-refractivity contribution in [1.29, 1.82) is 0 Å². The highest BCUT2D eigenvalue weighted by Crippen LogP contribution is 2.38. The molecule has 1 aliphatic rings. The SMILES string of the molecule is CCC(=O)C(C)(C)n1cc(-c2cc(C3CCC(O)CC3)n3nc(N[C@@H](C)COC)ncc23)cn1. The smallest absolute Gasteiger partial charge is 0.241 e. The number of ether oxygens (including phenoxy) is 1. The number of Topliss-reactive ketones (excluding diaryl/α,β-unsaturated/α-hetero) is 1.